The number of methoxy groups -OCH3 is 2. The van der Waals surface area contributed by atoms with Crippen molar-refractivity contribution in [1.29, 1.82) is 0 Å². The molecule has 1 saturated heterocycles. The molecule has 186 valence electrons. The molecule has 1 aromatic heterocycles. The van der Waals surface area contributed by atoms with Gasteiger partial charge < -0.3 is 14.8 Å². The van der Waals surface area contributed by atoms with Crippen molar-refractivity contribution in [2.75, 3.05) is 45.7 Å². The molecule has 0 bridgehead atoms. The van der Waals surface area contributed by atoms with Crippen LogP contribution < -0.4 is 10.1 Å². The van der Waals surface area contributed by atoms with Crippen molar-refractivity contribution < 1.29 is 14.3 Å². The van der Waals surface area contributed by atoms with Gasteiger partial charge in [-0.1, -0.05) is 38.1 Å². The lowest BCUT2D eigenvalue weighted by Crippen LogP contribution is -2.45. The van der Waals surface area contributed by atoms with Gasteiger partial charge in [0, 0.05) is 38.1 Å². The third-order valence-electron chi connectivity index (χ3n) is 6.46. The van der Waals surface area contributed by atoms with Crippen molar-refractivity contribution in [2.45, 2.75) is 33.0 Å². The van der Waals surface area contributed by atoms with Crippen molar-refractivity contribution in [3.8, 4) is 5.75 Å². The Hall–Kier alpha value is -3.23. The summed E-state index contributed by atoms with van der Waals surface area (Å²) >= 11 is 0. The average molecular weight is 478 g/mol. The summed E-state index contributed by atoms with van der Waals surface area (Å²) in [4.78, 5) is 26.9. The van der Waals surface area contributed by atoms with Gasteiger partial charge in [-0.15, -0.1) is 0 Å². The molecular weight excluding hydrogens is 442 g/mol. The van der Waals surface area contributed by atoms with E-state index < -0.39 is 6.04 Å². The summed E-state index contributed by atoms with van der Waals surface area (Å²) in [5, 5.41) is 4.23. The minimum Gasteiger partial charge on any atom is -0.497 e. The molecule has 8 heteroatoms. The number of aromatic nitrogens is 2. The number of esters is 1. The summed E-state index contributed by atoms with van der Waals surface area (Å²) in [6.07, 6.45) is 0. The van der Waals surface area contributed by atoms with Gasteiger partial charge in [0.15, 0.2) is 0 Å². The lowest BCUT2D eigenvalue weighted by molar-refractivity contribution is -0.142. The number of benzene rings is 2. The van der Waals surface area contributed by atoms with Crippen molar-refractivity contribution in [3.05, 3.63) is 59.9 Å². The molecule has 0 unspecified atom stereocenters. The first-order valence-electron chi connectivity index (χ1n) is 12.1. The Kier molecular flexibility index (Phi) is 8.15. The molecular formula is C27H35N5O3. The number of para-hydroxylation sites is 1. The van der Waals surface area contributed by atoms with Gasteiger partial charge in [0.1, 0.15) is 23.4 Å². The Labute approximate surface area is 207 Å². The maximum absolute atomic E-state index is 12.3. The Morgan fingerprint density at radius 2 is 1.60 bits per heavy atom. The monoisotopic (exact) mass is 477 g/mol. The second-order valence-electron chi connectivity index (χ2n) is 9.30. The summed E-state index contributed by atoms with van der Waals surface area (Å²) in [6, 6.07) is 15.7. The van der Waals surface area contributed by atoms with Crippen LogP contribution in [0.15, 0.2) is 48.5 Å². The number of carbonyl (C=O) groups is 1. The van der Waals surface area contributed by atoms with E-state index in [1.807, 2.05) is 50.2 Å². The van der Waals surface area contributed by atoms with Gasteiger partial charge in [-0.3, -0.25) is 9.80 Å². The maximum Gasteiger partial charge on any atom is 0.328 e. The normalized spacial score (nSPS) is 15.8. The zero-order valence-corrected chi connectivity index (χ0v) is 21.0. The topological polar surface area (TPSA) is 79.8 Å². The smallest absolute Gasteiger partial charge is 0.328 e. The van der Waals surface area contributed by atoms with E-state index in [-0.39, 0.29) is 11.9 Å². The van der Waals surface area contributed by atoms with Crippen molar-refractivity contribution in [2.24, 2.45) is 5.92 Å². The first-order chi connectivity index (χ1) is 17.0. The molecule has 4 rings (SSSR count). The molecule has 0 amide bonds. The van der Waals surface area contributed by atoms with E-state index >= 15 is 0 Å². The van der Waals surface area contributed by atoms with Gasteiger partial charge in [-0.05, 0) is 35.7 Å². The third kappa shape index (κ3) is 6.26. The largest absolute Gasteiger partial charge is 0.497 e. The Bertz CT molecular complexity index is 1130. The molecule has 0 radical (unpaired) electrons. The van der Waals surface area contributed by atoms with Gasteiger partial charge in [-0.25, -0.2) is 14.8 Å². The standard InChI is InChI=1S/C27H35N5O3/c1-19(2)25(27(33)35-4)30-26-22-7-5-6-8-23(22)28-24(29-26)18-32-15-13-31(14-16-32)17-20-9-11-21(34-3)12-10-20/h5-12,19,25H,13-18H2,1-4H3,(H,28,29,30)/t25-/m0/s1. The number of carbonyl (C=O) groups excluding carboxylic acids is 1. The number of hydrogen-bond acceptors (Lipinski definition) is 8. The lowest BCUT2D eigenvalue weighted by Gasteiger charge is -2.34. The number of nitrogens with zero attached hydrogens (tertiary/aromatic N) is 4. The third-order valence-corrected chi connectivity index (χ3v) is 6.46. The number of nitrogens with one attached hydrogen (secondary N) is 1. The molecule has 1 atom stereocenters. The van der Waals surface area contributed by atoms with Crippen LogP contribution in [0.4, 0.5) is 5.82 Å². The van der Waals surface area contributed by atoms with Crippen LogP contribution in [0.5, 0.6) is 5.75 Å². The van der Waals surface area contributed by atoms with Crippen LogP contribution in [0.25, 0.3) is 10.9 Å². The highest BCUT2D eigenvalue weighted by Crippen LogP contribution is 2.23. The van der Waals surface area contributed by atoms with E-state index in [9.17, 15) is 4.79 Å². The molecule has 1 fully saturated rings. The highest BCUT2D eigenvalue weighted by atomic mass is 16.5. The fourth-order valence-electron chi connectivity index (χ4n) is 4.37. The summed E-state index contributed by atoms with van der Waals surface area (Å²) < 4.78 is 10.3. The van der Waals surface area contributed by atoms with E-state index in [1.54, 1.807) is 7.11 Å². The quantitative estimate of drug-likeness (QED) is 0.469. The van der Waals surface area contributed by atoms with Crippen LogP contribution in [0.3, 0.4) is 0 Å². The molecule has 1 aliphatic rings. The van der Waals surface area contributed by atoms with Crippen LogP contribution in [-0.2, 0) is 22.6 Å². The number of anilines is 1. The molecule has 1 N–H and O–H groups in total. The molecule has 2 heterocycles. The Balaban J connectivity index is 1.43. The van der Waals surface area contributed by atoms with Gasteiger partial charge >= 0.3 is 5.97 Å². The van der Waals surface area contributed by atoms with Gasteiger partial charge in [0.2, 0.25) is 0 Å². The van der Waals surface area contributed by atoms with Crippen LogP contribution in [-0.4, -0.2) is 72.2 Å². The Morgan fingerprint density at radius 1 is 0.943 bits per heavy atom. The molecule has 2 aromatic carbocycles. The molecule has 0 aliphatic carbocycles. The number of piperazine rings is 1. The summed E-state index contributed by atoms with van der Waals surface area (Å²) in [7, 11) is 3.10. The van der Waals surface area contributed by atoms with E-state index in [0.717, 1.165) is 55.2 Å². The van der Waals surface area contributed by atoms with E-state index in [2.05, 4.69) is 27.2 Å². The van der Waals surface area contributed by atoms with Crippen LogP contribution in [0.1, 0.15) is 25.2 Å². The summed E-state index contributed by atoms with van der Waals surface area (Å²) in [6.45, 7) is 9.46. The second kappa shape index (κ2) is 11.5. The van der Waals surface area contributed by atoms with Crippen LogP contribution in [0.2, 0.25) is 0 Å². The van der Waals surface area contributed by atoms with Crippen molar-refractivity contribution in [1.82, 2.24) is 19.8 Å². The minimum absolute atomic E-state index is 0.0541. The second-order valence-corrected chi connectivity index (χ2v) is 9.30. The fraction of sp³-hybridized carbons (Fsp3) is 0.444. The van der Waals surface area contributed by atoms with E-state index in [0.29, 0.717) is 12.4 Å². The van der Waals surface area contributed by atoms with Gasteiger partial charge in [0.05, 0.1) is 26.3 Å². The minimum atomic E-state index is -0.479. The van der Waals surface area contributed by atoms with Gasteiger partial charge in [0.25, 0.3) is 0 Å². The first kappa shape index (κ1) is 24.9. The van der Waals surface area contributed by atoms with Gasteiger partial charge in [-0.2, -0.15) is 0 Å². The average Bonchev–Trinajstić information content (AvgIpc) is 2.88. The number of rotatable bonds is 9. The van der Waals surface area contributed by atoms with E-state index in [4.69, 9.17) is 19.4 Å². The van der Waals surface area contributed by atoms with Crippen LogP contribution in [0, 0.1) is 5.92 Å². The summed E-state index contributed by atoms with van der Waals surface area (Å²) in [5.41, 5.74) is 2.16. The number of ether oxygens (including phenoxy) is 2. The number of fused-ring (bicyclic) bond motifs is 1. The van der Waals surface area contributed by atoms with E-state index in [1.165, 1.54) is 12.7 Å². The highest BCUT2D eigenvalue weighted by molar-refractivity contribution is 5.91. The lowest BCUT2D eigenvalue weighted by atomic mass is 10.0. The fourth-order valence-corrected chi connectivity index (χ4v) is 4.37. The molecule has 1 aliphatic heterocycles. The SMILES string of the molecule is COC(=O)[C@@H](Nc1nc(CN2CCN(Cc3ccc(OC)cc3)CC2)nc2ccccc12)C(C)C. The highest BCUT2D eigenvalue weighted by Gasteiger charge is 2.25. The molecule has 0 saturated carbocycles. The molecule has 0 spiro atoms. The first-order valence-corrected chi connectivity index (χ1v) is 12.1. The van der Waals surface area contributed by atoms with Crippen molar-refractivity contribution >= 4 is 22.7 Å². The predicted octanol–water partition coefficient (Wildman–Crippen LogP) is 3.57. The molecule has 3 aromatic rings. The zero-order valence-electron chi connectivity index (χ0n) is 21.0. The van der Waals surface area contributed by atoms with Crippen molar-refractivity contribution in [3.63, 3.8) is 0 Å². The van der Waals surface area contributed by atoms with Crippen LogP contribution >= 0.6 is 0 Å². The predicted molar refractivity (Wildman–Crippen MR) is 137 cm³/mol. The Morgan fingerprint density at radius 3 is 2.23 bits per heavy atom. The number of hydrogen-bond donors (Lipinski definition) is 1. The molecule has 8 nitrogen and oxygen atoms in total. The molecule has 35 heavy (non-hydrogen) atoms. The maximum atomic E-state index is 12.3. The summed E-state index contributed by atoms with van der Waals surface area (Å²) in [5.74, 6) is 2.07. The zero-order chi connectivity index (χ0) is 24.8.